The average molecular weight is 296 g/mol. The lowest BCUT2D eigenvalue weighted by atomic mass is 10.2. The van der Waals surface area contributed by atoms with Crippen molar-refractivity contribution in [3.63, 3.8) is 0 Å². The summed E-state index contributed by atoms with van der Waals surface area (Å²) in [6, 6.07) is 11.5. The van der Waals surface area contributed by atoms with Crippen LogP contribution >= 0.6 is 23.2 Å². The van der Waals surface area contributed by atoms with E-state index in [1.807, 2.05) is 43.3 Å². The van der Waals surface area contributed by atoms with Crippen molar-refractivity contribution >= 4 is 28.9 Å². The summed E-state index contributed by atoms with van der Waals surface area (Å²) < 4.78 is 5.31. The lowest BCUT2D eigenvalue weighted by Gasteiger charge is -2.12. The van der Waals surface area contributed by atoms with E-state index in [0.717, 1.165) is 22.6 Å². The molecule has 4 heteroatoms. The van der Waals surface area contributed by atoms with Gasteiger partial charge in [-0.15, -0.1) is 0 Å². The number of rotatable bonds is 4. The van der Waals surface area contributed by atoms with Gasteiger partial charge in [-0.3, -0.25) is 0 Å². The van der Waals surface area contributed by atoms with E-state index in [4.69, 9.17) is 27.9 Å². The summed E-state index contributed by atoms with van der Waals surface area (Å²) in [5.74, 6) is 0.806. The van der Waals surface area contributed by atoms with Gasteiger partial charge in [0.2, 0.25) is 0 Å². The Balaban J connectivity index is 2.16. The van der Waals surface area contributed by atoms with Crippen LogP contribution in [0, 0.1) is 6.92 Å². The van der Waals surface area contributed by atoms with Crippen LogP contribution < -0.4 is 10.1 Å². The Kier molecular flexibility index (Phi) is 4.56. The monoisotopic (exact) mass is 295 g/mol. The van der Waals surface area contributed by atoms with E-state index in [2.05, 4.69) is 5.32 Å². The van der Waals surface area contributed by atoms with Gasteiger partial charge in [0.15, 0.2) is 0 Å². The highest BCUT2D eigenvalue weighted by Crippen LogP contribution is 2.26. The summed E-state index contributed by atoms with van der Waals surface area (Å²) >= 11 is 12.2. The standard InChI is InChI=1S/C15H15Cl2NO/c1-10-3-5-14(13(17)7-10)18-9-11-8-12(16)4-6-15(11)19-2/h3-8,18H,9H2,1-2H3. The maximum Gasteiger partial charge on any atom is 0.123 e. The van der Waals surface area contributed by atoms with Gasteiger partial charge in [0.25, 0.3) is 0 Å². The molecule has 2 aromatic rings. The number of aryl methyl sites for hydroxylation is 1. The number of methoxy groups -OCH3 is 1. The zero-order valence-electron chi connectivity index (χ0n) is 10.8. The van der Waals surface area contributed by atoms with Gasteiger partial charge in [-0.25, -0.2) is 0 Å². The van der Waals surface area contributed by atoms with E-state index in [-0.39, 0.29) is 0 Å². The maximum atomic E-state index is 6.18. The molecular weight excluding hydrogens is 281 g/mol. The molecule has 0 aromatic heterocycles. The Bertz CT molecular complexity index is 584. The molecule has 0 aliphatic carbocycles. The van der Waals surface area contributed by atoms with Crippen LogP contribution in [-0.2, 0) is 6.54 Å². The molecular formula is C15H15Cl2NO. The first-order chi connectivity index (χ1) is 9.10. The van der Waals surface area contributed by atoms with Crippen molar-refractivity contribution in [1.82, 2.24) is 0 Å². The Labute approximate surface area is 123 Å². The fraction of sp³-hybridized carbons (Fsp3) is 0.200. The second-order valence-corrected chi connectivity index (χ2v) is 5.14. The Morgan fingerprint density at radius 2 is 1.89 bits per heavy atom. The van der Waals surface area contributed by atoms with Crippen LogP contribution in [0.2, 0.25) is 10.0 Å². The molecule has 100 valence electrons. The average Bonchev–Trinajstić information content (AvgIpc) is 2.38. The first-order valence-electron chi connectivity index (χ1n) is 5.92. The lowest BCUT2D eigenvalue weighted by molar-refractivity contribution is 0.410. The molecule has 2 aromatic carbocycles. The molecule has 0 fully saturated rings. The Morgan fingerprint density at radius 1 is 1.11 bits per heavy atom. The second-order valence-electron chi connectivity index (χ2n) is 4.29. The number of halogens is 2. The smallest absolute Gasteiger partial charge is 0.123 e. The number of anilines is 1. The lowest BCUT2D eigenvalue weighted by Crippen LogP contribution is -2.02. The minimum atomic E-state index is 0.604. The van der Waals surface area contributed by atoms with Gasteiger partial charge in [-0.2, -0.15) is 0 Å². The predicted molar refractivity (Wildman–Crippen MR) is 81.5 cm³/mol. The molecule has 0 unspecified atom stereocenters. The van der Waals surface area contributed by atoms with Crippen LogP contribution in [-0.4, -0.2) is 7.11 Å². The number of hydrogen-bond acceptors (Lipinski definition) is 2. The fourth-order valence-corrected chi connectivity index (χ4v) is 2.34. The fourth-order valence-electron chi connectivity index (χ4n) is 1.84. The summed E-state index contributed by atoms with van der Waals surface area (Å²) in [5, 5.41) is 4.68. The van der Waals surface area contributed by atoms with Gasteiger partial charge in [-0.05, 0) is 42.8 Å². The summed E-state index contributed by atoms with van der Waals surface area (Å²) in [4.78, 5) is 0. The molecule has 0 amide bonds. The zero-order valence-corrected chi connectivity index (χ0v) is 12.3. The van der Waals surface area contributed by atoms with Crippen molar-refractivity contribution in [2.45, 2.75) is 13.5 Å². The minimum absolute atomic E-state index is 0.604. The summed E-state index contributed by atoms with van der Waals surface area (Å²) in [6.45, 7) is 2.61. The quantitative estimate of drug-likeness (QED) is 0.864. The molecule has 19 heavy (non-hydrogen) atoms. The summed E-state index contributed by atoms with van der Waals surface area (Å²) in [7, 11) is 1.64. The van der Waals surface area contributed by atoms with Crippen molar-refractivity contribution in [3.05, 3.63) is 57.6 Å². The zero-order chi connectivity index (χ0) is 13.8. The van der Waals surface area contributed by atoms with Crippen LogP contribution in [0.1, 0.15) is 11.1 Å². The van der Waals surface area contributed by atoms with Crippen molar-refractivity contribution in [3.8, 4) is 5.75 Å². The number of hydrogen-bond donors (Lipinski definition) is 1. The highest BCUT2D eigenvalue weighted by molar-refractivity contribution is 6.33. The third-order valence-electron chi connectivity index (χ3n) is 2.84. The first kappa shape index (κ1) is 14.0. The van der Waals surface area contributed by atoms with Crippen LogP contribution in [0.25, 0.3) is 0 Å². The molecule has 2 nitrogen and oxygen atoms in total. The van der Waals surface area contributed by atoms with Crippen LogP contribution in [0.15, 0.2) is 36.4 Å². The highest BCUT2D eigenvalue weighted by Gasteiger charge is 2.05. The van der Waals surface area contributed by atoms with Gasteiger partial charge in [0.05, 0.1) is 17.8 Å². The van der Waals surface area contributed by atoms with E-state index in [1.54, 1.807) is 7.11 Å². The molecule has 0 spiro atoms. The van der Waals surface area contributed by atoms with E-state index >= 15 is 0 Å². The van der Waals surface area contributed by atoms with Crippen molar-refractivity contribution in [2.75, 3.05) is 12.4 Å². The van der Waals surface area contributed by atoms with Gasteiger partial charge >= 0.3 is 0 Å². The normalized spacial score (nSPS) is 10.3. The van der Waals surface area contributed by atoms with E-state index in [1.165, 1.54) is 0 Å². The van der Waals surface area contributed by atoms with E-state index in [9.17, 15) is 0 Å². The molecule has 0 heterocycles. The number of ether oxygens (including phenoxy) is 1. The number of nitrogens with one attached hydrogen (secondary N) is 1. The molecule has 0 radical (unpaired) electrons. The van der Waals surface area contributed by atoms with E-state index < -0.39 is 0 Å². The predicted octanol–water partition coefficient (Wildman–Crippen LogP) is 4.92. The second kappa shape index (κ2) is 6.18. The van der Waals surface area contributed by atoms with Crippen LogP contribution in [0.4, 0.5) is 5.69 Å². The first-order valence-corrected chi connectivity index (χ1v) is 6.68. The minimum Gasteiger partial charge on any atom is -0.496 e. The maximum absolute atomic E-state index is 6.18. The van der Waals surface area contributed by atoms with Crippen molar-refractivity contribution in [2.24, 2.45) is 0 Å². The number of benzene rings is 2. The third kappa shape index (κ3) is 3.55. The van der Waals surface area contributed by atoms with E-state index in [0.29, 0.717) is 16.6 Å². The van der Waals surface area contributed by atoms with Crippen molar-refractivity contribution < 1.29 is 4.74 Å². The molecule has 0 bridgehead atoms. The molecule has 0 atom stereocenters. The third-order valence-corrected chi connectivity index (χ3v) is 3.38. The largest absolute Gasteiger partial charge is 0.496 e. The van der Waals surface area contributed by atoms with Gasteiger partial charge < -0.3 is 10.1 Å². The van der Waals surface area contributed by atoms with Gasteiger partial charge in [0, 0.05) is 17.1 Å². The molecule has 0 saturated heterocycles. The van der Waals surface area contributed by atoms with Gasteiger partial charge in [-0.1, -0.05) is 29.3 Å². The van der Waals surface area contributed by atoms with Crippen LogP contribution in [0.5, 0.6) is 5.75 Å². The van der Waals surface area contributed by atoms with Crippen molar-refractivity contribution in [1.29, 1.82) is 0 Å². The van der Waals surface area contributed by atoms with Gasteiger partial charge in [0.1, 0.15) is 5.75 Å². The highest BCUT2D eigenvalue weighted by atomic mass is 35.5. The SMILES string of the molecule is COc1ccc(Cl)cc1CNc1ccc(C)cc1Cl. The topological polar surface area (TPSA) is 21.3 Å². The Morgan fingerprint density at radius 3 is 2.58 bits per heavy atom. The molecule has 0 saturated carbocycles. The molecule has 1 N–H and O–H groups in total. The summed E-state index contributed by atoms with van der Waals surface area (Å²) in [6.07, 6.45) is 0. The van der Waals surface area contributed by atoms with Crippen LogP contribution in [0.3, 0.4) is 0 Å². The molecule has 2 rings (SSSR count). The molecule has 0 aliphatic heterocycles. The summed E-state index contributed by atoms with van der Waals surface area (Å²) in [5.41, 5.74) is 3.02. The Hall–Kier alpha value is -1.38. The molecule has 0 aliphatic rings.